The van der Waals surface area contributed by atoms with E-state index in [2.05, 4.69) is 39.9 Å². The molecular weight excluding hydrogens is 280 g/mol. The predicted molar refractivity (Wildman–Crippen MR) is 88.9 cm³/mol. The van der Waals surface area contributed by atoms with E-state index in [0.29, 0.717) is 24.0 Å². The minimum Gasteiger partial charge on any atom is -0.416 e. The third kappa shape index (κ3) is 3.78. The minimum absolute atomic E-state index is 0.132. The molecular formula is C17H32O3Si. The van der Waals surface area contributed by atoms with Crippen molar-refractivity contribution in [1.82, 2.24) is 0 Å². The quantitative estimate of drug-likeness (QED) is 0.600. The average Bonchev–Trinajstić information content (AvgIpc) is 2.96. The number of aliphatic hydroxyl groups excluding tert-OH is 1. The minimum atomic E-state index is -1.68. The summed E-state index contributed by atoms with van der Waals surface area (Å²) in [6, 6.07) is 0. The van der Waals surface area contributed by atoms with Crippen LogP contribution < -0.4 is 0 Å². The van der Waals surface area contributed by atoms with Crippen molar-refractivity contribution in [3.05, 3.63) is 12.2 Å². The molecule has 122 valence electrons. The van der Waals surface area contributed by atoms with Gasteiger partial charge in [0.25, 0.3) is 0 Å². The van der Waals surface area contributed by atoms with E-state index in [1.54, 1.807) is 0 Å². The predicted octanol–water partition coefficient (Wildman–Crippen LogP) is 3.74. The van der Waals surface area contributed by atoms with Crippen LogP contribution in [0, 0.1) is 11.8 Å². The van der Waals surface area contributed by atoms with Crippen LogP contribution >= 0.6 is 0 Å². The van der Waals surface area contributed by atoms with E-state index in [1.165, 1.54) is 12.8 Å². The van der Waals surface area contributed by atoms with Gasteiger partial charge in [0.05, 0.1) is 18.8 Å². The Morgan fingerprint density at radius 2 is 1.76 bits per heavy atom. The first-order valence-electron chi connectivity index (χ1n) is 8.31. The molecule has 0 spiro atoms. The first-order valence-corrected chi connectivity index (χ1v) is 11.2. The summed E-state index contributed by atoms with van der Waals surface area (Å²) in [5.41, 5.74) is 0. The van der Waals surface area contributed by atoms with E-state index < -0.39 is 8.32 Å². The lowest BCUT2D eigenvalue weighted by Crippen LogP contribution is -2.43. The molecule has 2 saturated heterocycles. The van der Waals surface area contributed by atoms with E-state index in [4.69, 9.17) is 14.3 Å². The molecule has 0 aliphatic carbocycles. The molecule has 2 aliphatic heterocycles. The Morgan fingerprint density at radius 3 is 2.33 bits per heavy atom. The third-order valence-electron chi connectivity index (χ3n) is 5.71. The summed E-state index contributed by atoms with van der Waals surface area (Å²) in [6.45, 7) is 12.5. The van der Waals surface area contributed by atoms with Crippen LogP contribution in [0.2, 0.25) is 18.1 Å². The molecule has 2 rings (SSSR count). The highest BCUT2D eigenvalue weighted by atomic mass is 28.4. The van der Waals surface area contributed by atoms with Crippen LogP contribution in [0.25, 0.3) is 0 Å². The fraction of sp³-hybridized carbons (Fsp3) is 0.882. The fourth-order valence-electron chi connectivity index (χ4n) is 3.28. The maximum atomic E-state index is 8.90. The van der Waals surface area contributed by atoms with Crippen LogP contribution in [0.1, 0.15) is 40.0 Å². The number of hydrogen-bond acceptors (Lipinski definition) is 3. The summed E-state index contributed by atoms with van der Waals surface area (Å²) in [7, 11) is -1.68. The maximum Gasteiger partial charge on any atom is 0.191 e. The molecule has 1 N–H and O–H groups in total. The van der Waals surface area contributed by atoms with Gasteiger partial charge < -0.3 is 14.3 Å². The zero-order valence-electron chi connectivity index (χ0n) is 14.3. The molecule has 2 bridgehead atoms. The molecule has 0 saturated carbocycles. The second kappa shape index (κ2) is 6.53. The second-order valence-electron chi connectivity index (χ2n) is 8.08. The maximum absolute atomic E-state index is 8.90. The molecule has 3 nitrogen and oxygen atoms in total. The van der Waals surface area contributed by atoms with Crippen LogP contribution in [0.4, 0.5) is 0 Å². The Bertz CT molecular complexity index is 373. The highest BCUT2D eigenvalue weighted by Gasteiger charge is 2.49. The molecule has 4 atom stereocenters. The van der Waals surface area contributed by atoms with E-state index in [1.807, 2.05) is 6.08 Å². The van der Waals surface area contributed by atoms with Gasteiger partial charge in [0, 0.05) is 12.5 Å². The lowest BCUT2D eigenvalue weighted by Gasteiger charge is -2.38. The van der Waals surface area contributed by atoms with Crippen LogP contribution in [0.3, 0.4) is 0 Å². The summed E-state index contributed by atoms with van der Waals surface area (Å²) in [5.74, 6) is 1.09. The van der Waals surface area contributed by atoms with E-state index in [9.17, 15) is 0 Å². The number of hydrogen-bond donors (Lipinski definition) is 1. The van der Waals surface area contributed by atoms with Crippen LogP contribution in [-0.4, -0.2) is 38.8 Å². The highest BCUT2D eigenvalue weighted by molar-refractivity contribution is 6.74. The monoisotopic (exact) mass is 312 g/mol. The van der Waals surface area contributed by atoms with Gasteiger partial charge in [-0.3, -0.25) is 0 Å². The van der Waals surface area contributed by atoms with Gasteiger partial charge in [-0.1, -0.05) is 32.9 Å². The normalized spacial score (nSPS) is 33.2. The first-order chi connectivity index (χ1) is 9.76. The summed E-state index contributed by atoms with van der Waals surface area (Å²) in [6.07, 6.45) is 8.15. The topological polar surface area (TPSA) is 38.7 Å². The van der Waals surface area contributed by atoms with Gasteiger partial charge in [-0.05, 0) is 43.3 Å². The smallest absolute Gasteiger partial charge is 0.191 e. The van der Waals surface area contributed by atoms with Crippen molar-refractivity contribution in [2.75, 3.05) is 13.2 Å². The lowest BCUT2D eigenvalue weighted by molar-refractivity contribution is 0.0797. The lowest BCUT2D eigenvalue weighted by atomic mass is 9.78. The molecule has 0 aromatic carbocycles. The van der Waals surface area contributed by atoms with Gasteiger partial charge in [-0.2, -0.15) is 0 Å². The number of ether oxygens (including phenoxy) is 1. The van der Waals surface area contributed by atoms with Gasteiger partial charge in [-0.25, -0.2) is 0 Å². The van der Waals surface area contributed by atoms with E-state index in [0.717, 1.165) is 13.0 Å². The fourth-order valence-corrected chi connectivity index (χ4v) is 4.32. The molecule has 0 aromatic heterocycles. The van der Waals surface area contributed by atoms with E-state index >= 15 is 0 Å². The zero-order chi connectivity index (χ0) is 15.7. The summed E-state index contributed by atoms with van der Waals surface area (Å²) in [4.78, 5) is 0. The second-order valence-corrected chi connectivity index (χ2v) is 12.9. The van der Waals surface area contributed by atoms with Crippen molar-refractivity contribution in [2.45, 2.75) is 70.4 Å². The zero-order valence-corrected chi connectivity index (χ0v) is 15.3. The molecule has 0 aromatic rings. The van der Waals surface area contributed by atoms with Crippen molar-refractivity contribution in [3.63, 3.8) is 0 Å². The molecule has 21 heavy (non-hydrogen) atoms. The Hall–Kier alpha value is -0.163. The Kier molecular flexibility index (Phi) is 5.34. The Morgan fingerprint density at radius 1 is 1.14 bits per heavy atom. The van der Waals surface area contributed by atoms with E-state index in [-0.39, 0.29) is 11.6 Å². The number of allylic oxidation sites excluding steroid dienone is 1. The van der Waals surface area contributed by atoms with Crippen molar-refractivity contribution in [1.29, 1.82) is 0 Å². The van der Waals surface area contributed by atoms with Gasteiger partial charge >= 0.3 is 0 Å². The van der Waals surface area contributed by atoms with Crippen LogP contribution in [0.15, 0.2) is 12.2 Å². The number of fused-ring (bicyclic) bond motifs is 2. The Labute approximate surface area is 130 Å². The molecule has 0 unspecified atom stereocenters. The number of aliphatic hydroxyl groups is 1. The molecule has 2 heterocycles. The van der Waals surface area contributed by atoms with Gasteiger partial charge in [-0.15, -0.1) is 0 Å². The standard InChI is InChI=1S/C17H32O3Si/c1-17(2,3)21(4,5)19-12-14-13(8-6-7-11-18)15-9-10-16(14)20-15/h6-7,13-16,18H,8-12H2,1-5H3/b7-6+/t13-,14+,15+,16+/m1/s1. The van der Waals surface area contributed by atoms with Crippen molar-refractivity contribution >= 4 is 8.32 Å². The van der Waals surface area contributed by atoms with Crippen molar-refractivity contribution < 1.29 is 14.3 Å². The van der Waals surface area contributed by atoms with Crippen molar-refractivity contribution in [2.24, 2.45) is 11.8 Å². The molecule has 2 aliphatic rings. The summed E-state index contributed by atoms with van der Waals surface area (Å²) in [5, 5.41) is 9.16. The van der Waals surface area contributed by atoms with Gasteiger partial charge in [0.1, 0.15) is 0 Å². The van der Waals surface area contributed by atoms with Gasteiger partial charge in [0.15, 0.2) is 8.32 Å². The molecule has 2 fully saturated rings. The molecule has 0 amide bonds. The molecule has 4 heteroatoms. The van der Waals surface area contributed by atoms with Gasteiger partial charge in [0.2, 0.25) is 0 Å². The third-order valence-corrected chi connectivity index (χ3v) is 10.2. The van der Waals surface area contributed by atoms with Crippen molar-refractivity contribution in [3.8, 4) is 0 Å². The largest absolute Gasteiger partial charge is 0.416 e. The first kappa shape index (κ1) is 17.2. The Balaban J connectivity index is 1.95. The SMILES string of the molecule is CC(C)(C)[Si](C)(C)OC[C@H]1[C@@H](C/C=C/CO)[C@@H]2CC[C@@H]1O2. The van der Waals surface area contributed by atoms with Crippen LogP contribution in [-0.2, 0) is 9.16 Å². The summed E-state index contributed by atoms with van der Waals surface area (Å²) >= 11 is 0. The molecule has 0 radical (unpaired) electrons. The van der Waals surface area contributed by atoms with Crippen LogP contribution in [0.5, 0.6) is 0 Å². The average molecular weight is 313 g/mol. The number of rotatable bonds is 6. The summed E-state index contributed by atoms with van der Waals surface area (Å²) < 4.78 is 12.6. The highest BCUT2D eigenvalue weighted by Crippen LogP contribution is 2.46.